The minimum atomic E-state index is -0.373. The average molecular weight is 403 g/mol. The van der Waals surface area contributed by atoms with E-state index in [0.717, 1.165) is 46.0 Å². The number of aromatic nitrogens is 2. The van der Waals surface area contributed by atoms with Crippen molar-refractivity contribution in [1.82, 2.24) is 10.3 Å². The molecule has 1 amide bonds. The Morgan fingerprint density at radius 2 is 1.83 bits per heavy atom. The Morgan fingerprint density at radius 3 is 2.57 bits per heavy atom. The van der Waals surface area contributed by atoms with Crippen molar-refractivity contribution in [2.45, 2.75) is 47.5 Å². The summed E-state index contributed by atoms with van der Waals surface area (Å²) in [6, 6.07) is 10.3. The molecule has 2 aromatic carbocycles. The van der Waals surface area contributed by atoms with Crippen LogP contribution in [-0.2, 0) is 12.8 Å². The first kappa shape index (κ1) is 19.9. The maximum atomic E-state index is 13.0. The highest BCUT2D eigenvalue weighted by atomic mass is 16.6. The number of amides is 1. The summed E-state index contributed by atoms with van der Waals surface area (Å²) in [6.45, 7) is 10.1. The van der Waals surface area contributed by atoms with Gasteiger partial charge < -0.3 is 4.42 Å². The van der Waals surface area contributed by atoms with Crippen molar-refractivity contribution in [2.24, 2.45) is 0 Å². The van der Waals surface area contributed by atoms with E-state index in [-0.39, 0.29) is 17.5 Å². The van der Waals surface area contributed by atoms with Gasteiger partial charge in [-0.1, -0.05) is 32.0 Å². The summed E-state index contributed by atoms with van der Waals surface area (Å²) in [5.74, 6) is 0.184. The number of benzene rings is 2. The van der Waals surface area contributed by atoms with Crippen molar-refractivity contribution >= 4 is 22.7 Å². The quantitative estimate of drug-likeness (QED) is 0.456. The third-order valence-corrected chi connectivity index (χ3v) is 5.52. The summed E-state index contributed by atoms with van der Waals surface area (Å²) >= 11 is 0. The standard InChI is InChI=1S/C24H25N3O3/c1-6-16-8-9-17(7-2)18(12-16)21-23(27-30-26-21)25-24(28)22-15(5)20-14(4)10-13(3)11-19(20)29-22/h8-12H,6-7H2,1-5H3,(H,25,27,28). The number of furan rings is 1. The SMILES string of the molecule is CCc1ccc(CC)c(-c2nonc2NC(=O)c2oc3cc(C)cc(C)c3c2C)c1. The van der Waals surface area contributed by atoms with Crippen LogP contribution < -0.4 is 5.32 Å². The molecule has 0 radical (unpaired) electrons. The molecule has 154 valence electrons. The molecule has 0 atom stereocenters. The van der Waals surface area contributed by atoms with Crippen LogP contribution in [0.4, 0.5) is 5.82 Å². The maximum absolute atomic E-state index is 13.0. The first-order valence-electron chi connectivity index (χ1n) is 10.2. The van der Waals surface area contributed by atoms with Crippen LogP contribution in [0.2, 0.25) is 0 Å². The number of nitrogens with zero attached hydrogens (tertiary/aromatic N) is 2. The maximum Gasteiger partial charge on any atom is 0.292 e. The summed E-state index contributed by atoms with van der Waals surface area (Å²) in [4.78, 5) is 13.0. The average Bonchev–Trinajstić information content (AvgIpc) is 3.31. The van der Waals surface area contributed by atoms with Gasteiger partial charge in [0.25, 0.3) is 5.91 Å². The summed E-state index contributed by atoms with van der Waals surface area (Å²) < 4.78 is 10.9. The van der Waals surface area contributed by atoms with Crippen LogP contribution in [0.1, 0.15) is 52.2 Å². The number of hydrogen-bond acceptors (Lipinski definition) is 5. The predicted molar refractivity (Wildman–Crippen MR) is 117 cm³/mol. The van der Waals surface area contributed by atoms with E-state index in [0.29, 0.717) is 11.3 Å². The Labute approximate surface area is 175 Å². The molecule has 0 fully saturated rings. The topological polar surface area (TPSA) is 81.2 Å². The number of anilines is 1. The van der Waals surface area contributed by atoms with Crippen LogP contribution in [0.5, 0.6) is 0 Å². The van der Waals surface area contributed by atoms with Crippen LogP contribution in [0.15, 0.2) is 39.4 Å². The third-order valence-electron chi connectivity index (χ3n) is 5.52. The van der Waals surface area contributed by atoms with Gasteiger partial charge in [0.2, 0.25) is 5.82 Å². The second-order valence-electron chi connectivity index (χ2n) is 7.63. The Kier molecular flexibility index (Phi) is 5.16. The number of carbonyl (C=O) groups is 1. The molecule has 2 heterocycles. The van der Waals surface area contributed by atoms with Gasteiger partial charge in [-0.3, -0.25) is 10.1 Å². The fourth-order valence-electron chi connectivity index (χ4n) is 3.99. The summed E-state index contributed by atoms with van der Waals surface area (Å²) in [6.07, 6.45) is 1.74. The third kappa shape index (κ3) is 3.38. The molecule has 0 saturated carbocycles. The Morgan fingerprint density at radius 1 is 1.03 bits per heavy atom. The zero-order chi connectivity index (χ0) is 21.4. The van der Waals surface area contributed by atoms with Gasteiger partial charge in [-0.15, -0.1) is 0 Å². The molecule has 0 aliphatic carbocycles. The van der Waals surface area contributed by atoms with Crippen molar-refractivity contribution in [3.63, 3.8) is 0 Å². The van der Waals surface area contributed by atoms with Crippen molar-refractivity contribution in [3.8, 4) is 11.3 Å². The molecule has 0 spiro atoms. The van der Waals surface area contributed by atoms with Gasteiger partial charge in [-0.25, -0.2) is 4.63 Å². The molecule has 1 N–H and O–H groups in total. The lowest BCUT2D eigenvalue weighted by atomic mass is 9.98. The second kappa shape index (κ2) is 7.78. The molecule has 4 rings (SSSR count). The van der Waals surface area contributed by atoms with Crippen LogP contribution in [0, 0.1) is 20.8 Å². The Bertz CT molecular complexity index is 1250. The number of rotatable bonds is 5. The van der Waals surface area contributed by atoms with Gasteiger partial charge in [0.15, 0.2) is 11.5 Å². The summed E-state index contributed by atoms with van der Waals surface area (Å²) in [7, 11) is 0. The molecule has 0 bridgehead atoms. The van der Waals surface area contributed by atoms with Gasteiger partial charge in [-0.2, -0.15) is 0 Å². The van der Waals surface area contributed by atoms with Crippen molar-refractivity contribution in [3.05, 3.63) is 63.9 Å². The first-order chi connectivity index (χ1) is 14.4. The Hall–Kier alpha value is -3.41. The van der Waals surface area contributed by atoms with Crippen LogP contribution in [0.3, 0.4) is 0 Å². The van der Waals surface area contributed by atoms with Gasteiger partial charge in [0, 0.05) is 16.5 Å². The molecule has 0 aliphatic heterocycles. The van der Waals surface area contributed by atoms with E-state index in [1.54, 1.807) is 0 Å². The molecular formula is C24H25N3O3. The fourth-order valence-corrected chi connectivity index (χ4v) is 3.99. The Balaban J connectivity index is 1.72. The monoisotopic (exact) mass is 403 g/mol. The molecule has 0 aliphatic rings. The van der Waals surface area contributed by atoms with Crippen molar-refractivity contribution in [2.75, 3.05) is 5.32 Å². The van der Waals surface area contributed by atoms with Crippen LogP contribution in [-0.4, -0.2) is 16.2 Å². The van der Waals surface area contributed by atoms with E-state index in [1.165, 1.54) is 5.56 Å². The van der Waals surface area contributed by atoms with Gasteiger partial charge in [-0.05, 0) is 78.3 Å². The van der Waals surface area contributed by atoms with Crippen molar-refractivity contribution < 1.29 is 13.8 Å². The molecule has 2 aromatic heterocycles. The van der Waals surface area contributed by atoms with E-state index in [9.17, 15) is 4.79 Å². The molecule has 30 heavy (non-hydrogen) atoms. The number of fused-ring (bicyclic) bond motifs is 1. The van der Waals surface area contributed by atoms with E-state index < -0.39 is 0 Å². The number of nitrogens with one attached hydrogen (secondary N) is 1. The predicted octanol–water partition coefficient (Wildman–Crippen LogP) is 5.79. The van der Waals surface area contributed by atoms with E-state index in [2.05, 4.69) is 53.7 Å². The van der Waals surface area contributed by atoms with Gasteiger partial charge in [0.05, 0.1) is 0 Å². The summed E-state index contributed by atoms with van der Waals surface area (Å²) in [5.41, 5.74) is 7.42. The van der Waals surface area contributed by atoms with Gasteiger partial charge in [0.1, 0.15) is 5.58 Å². The summed E-state index contributed by atoms with van der Waals surface area (Å²) in [5, 5.41) is 11.8. The zero-order valence-corrected chi connectivity index (χ0v) is 17.9. The number of aryl methyl sites for hydroxylation is 5. The lowest BCUT2D eigenvalue weighted by molar-refractivity contribution is 0.0997. The molecule has 0 unspecified atom stereocenters. The molecule has 6 nitrogen and oxygen atoms in total. The normalized spacial score (nSPS) is 11.2. The van der Waals surface area contributed by atoms with E-state index in [4.69, 9.17) is 9.05 Å². The van der Waals surface area contributed by atoms with Crippen LogP contribution >= 0.6 is 0 Å². The largest absolute Gasteiger partial charge is 0.451 e. The fraction of sp³-hybridized carbons (Fsp3) is 0.292. The lowest BCUT2D eigenvalue weighted by Crippen LogP contribution is -2.13. The molecule has 0 saturated heterocycles. The lowest BCUT2D eigenvalue weighted by Gasteiger charge is -2.09. The zero-order valence-electron chi connectivity index (χ0n) is 17.9. The van der Waals surface area contributed by atoms with Gasteiger partial charge >= 0.3 is 0 Å². The highest BCUT2D eigenvalue weighted by Gasteiger charge is 2.23. The highest BCUT2D eigenvalue weighted by Crippen LogP contribution is 2.32. The van der Waals surface area contributed by atoms with Crippen molar-refractivity contribution in [1.29, 1.82) is 0 Å². The first-order valence-corrected chi connectivity index (χ1v) is 10.2. The smallest absolute Gasteiger partial charge is 0.292 e. The minimum Gasteiger partial charge on any atom is -0.451 e. The molecule has 6 heteroatoms. The second-order valence-corrected chi connectivity index (χ2v) is 7.63. The minimum absolute atomic E-state index is 0.269. The number of hydrogen-bond donors (Lipinski definition) is 1. The van der Waals surface area contributed by atoms with E-state index >= 15 is 0 Å². The highest BCUT2D eigenvalue weighted by molar-refractivity contribution is 6.07. The molecule has 4 aromatic rings. The molecular weight excluding hydrogens is 378 g/mol. The number of carbonyl (C=O) groups excluding carboxylic acids is 1. The van der Waals surface area contributed by atoms with Crippen LogP contribution in [0.25, 0.3) is 22.2 Å². The van der Waals surface area contributed by atoms with E-state index in [1.807, 2.05) is 26.8 Å².